The van der Waals surface area contributed by atoms with Crippen molar-refractivity contribution in [3.63, 3.8) is 0 Å². The number of para-hydroxylation sites is 1. The molecule has 1 aromatic heterocycles. The highest BCUT2D eigenvalue weighted by Gasteiger charge is 2.09. The first-order chi connectivity index (χ1) is 10.8. The molecule has 0 fully saturated rings. The van der Waals surface area contributed by atoms with Crippen molar-refractivity contribution in [2.45, 2.75) is 9.92 Å². The number of carbonyl (C=O) groups is 1. The Bertz CT molecular complexity index is 763. The molecule has 2 aromatic carbocycles. The lowest BCUT2D eigenvalue weighted by Crippen LogP contribution is -2.14. The lowest BCUT2D eigenvalue weighted by atomic mass is 10.3. The fourth-order valence-electron chi connectivity index (χ4n) is 1.83. The molecule has 108 valence electrons. The van der Waals surface area contributed by atoms with Crippen LogP contribution in [-0.4, -0.2) is 15.9 Å². The van der Waals surface area contributed by atoms with Gasteiger partial charge in [0.2, 0.25) is 0 Å². The Kier molecular flexibility index (Phi) is 4.46. The van der Waals surface area contributed by atoms with Gasteiger partial charge in [0.15, 0.2) is 0 Å². The van der Waals surface area contributed by atoms with Gasteiger partial charge in [0, 0.05) is 10.6 Å². The van der Waals surface area contributed by atoms with Crippen LogP contribution in [0.2, 0.25) is 0 Å². The van der Waals surface area contributed by atoms with Crippen molar-refractivity contribution in [2.75, 3.05) is 5.32 Å². The van der Waals surface area contributed by atoms with Gasteiger partial charge in [-0.05, 0) is 24.3 Å². The molecule has 3 aromatic rings. The lowest BCUT2D eigenvalue weighted by Gasteiger charge is -2.05. The van der Waals surface area contributed by atoms with Crippen LogP contribution in [0.3, 0.4) is 0 Å². The second kappa shape index (κ2) is 6.87. The SMILES string of the molecule is O=C(Nc1ccccc1)c1cncc(Sc2ccccc2)n1. The molecular formula is C17H13N3OS. The zero-order valence-corrected chi connectivity index (χ0v) is 12.5. The molecular weight excluding hydrogens is 294 g/mol. The van der Waals surface area contributed by atoms with E-state index in [0.717, 1.165) is 10.6 Å². The Hall–Kier alpha value is -2.66. The van der Waals surface area contributed by atoms with Crippen LogP contribution in [0.5, 0.6) is 0 Å². The smallest absolute Gasteiger partial charge is 0.275 e. The molecule has 0 bridgehead atoms. The number of nitrogens with zero attached hydrogens (tertiary/aromatic N) is 2. The molecule has 0 atom stereocenters. The number of hydrogen-bond donors (Lipinski definition) is 1. The average Bonchev–Trinajstić information content (AvgIpc) is 2.57. The van der Waals surface area contributed by atoms with Crippen molar-refractivity contribution < 1.29 is 4.79 Å². The normalized spacial score (nSPS) is 10.2. The number of carbonyl (C=O) groups excluding carboxylic acids is 1. The first kappa shape index (κ1) is 14.3. The van der Waals surface area contributed by atoms with Gasteiger partial charge >= 0.3 is 0 Å². The topological polar surface area (TPSA) is 54.9 Å². The van der Waals surface area contributed by atoms with Crippen LogP contribution >= 0.6 is 11.8 Å². The fraction of sp³-hybridized carbons (Fsp3) is 0. The summed E-state index contributed by atoms with van der Waals surface area (Å²) >= 11 is 1.47. The maximum Gasteiger partial charge on any atom is 0.275 e. The summed E-state index contributed by atoms with van der Waals surface area (Å²) in [5.41, 5.74) is 1.03. The number of rotatable bonds is 4. The lowest BCUT2D eigenvalue weighted by molar-refractivity contribution is 0.102. The van der Waals surface area contributed by atoms with E-state index in [1.807, 2.05) is 60.7 Å². The standard InChI is InChI=1S/C17H13N3OS/c21-17(19-13-7-3-1-4-8-13)15-11-18-12-16(20-15)22-14-9-5-2-6-10-14/h1-12H,(H,19,21). The van der Waals surface area contributed by atoms with Crippen LogP contribution in [0, 0.1) is 0 Å². The maximum atomic E-state index is 12.2. The van der Waals surface area contributed by atoms with Crippen molar-refractivity contribution in [3.05, 3.63) is 78.8 Å². The largest absolute Gasteiger partial charge is 0.321 e. The van der Waals surface area contributed by atoms with Gasteiger partial charge in [-0.2, -0.15) is 0 Å². The molecule has 0 aliphatic heterocycles. The van der Waals surface area contributed by atoms with Gasteiger partial charge in [-0.3, -0.25) is 9.78 Å². The zero-order chi connectivity index (χ0) is 15.2. The van der Waals surface area contributed by atoms with Crippen molar-refractivity contribution in [2.24, 2.45) is 0 Å². The quantitative estimate of drug-likeness (QED) is 0.794. The summed E-state index contributed by atoms with van der Waals surface area (Å²) in [6, 6.07) is 19.1. The maximum absolute atomic E-state index is 12.2. The number of hydrogen-bond acceptors (Lipinski definition) is 4. The number of anilines is 1. The Morgan fingerprint density at radius 2 is 1.59 bits per heavy atom. The summed E-state index contributed by atoms with van der Waals surface area (Å²) in [5, 5.41) is 3.49. The first-order valence-electron chi connectivity index (χ1n) is 6.72. The zero-order valence-electron chi connectivity index (χ0n) is 11.6. The van der Waals surface area contributed by atoms with Gasteiger partial charge < -0.3 is 5.32 Å². The molecule has 0 saturated carbocycles. The summed E-state index contributed by atoms with van der Waals surface area (Å²) in [4.78, 5) is 21.7. The third-order valence-corrected chi connectivity index (χ3v) is 3.76. The van der Waals surface area contributed by atoms with Crippen LogP contribution < -0.4 is 5.32 Å². The highest BCUT2D eigenvalue weighted by Crippen LogP contribution is 2.25. The van der Waals surface area contributed by atoms with E-state index in [2.05, 4.69) is 15.3 Å². The minimum absolute atomic E-state index is 0.269. The van der Waals surface area contributed by atoms with E-state index in [0.29, 0.717) is 10.7 Å². The molecule has 0 unspecified atom stereocenters. The van der Waals surface area contributed by atoms with Gasteiger partial charge in [-0.25, -0.2) is 4.98 Å². The van der Waals surface area contributed by atoms with Crippen molar-refractivity contribution >= 4 is 23.4 Å². The molecule has 4 nitrogen and oxygen atoms in total. The Morgan fingerprint density at radius 1 is 0.909 bits per heavy atom. The summed E-state index contributed by atoms with van der Waals surface area (Å²) in [6.45, 7) is 0. The average molecular weight is 307 g/mol. The van der Waals surface area contributed by atoms with Crippen LogP contribution in [0.25, 0.3) is 0 Å². The van der Waals surface area contributed by atoms with E-state index in [1.165, 1.54) is 18.0 Å². The summed E-state index contributed by atoms with van der Waals surface area (Å²) in [5.74, 6) is -0.269. The van der Waals surface area contributed by atoms with Crippen LogP contribution in [0.1, 0.15) is 10.5 Å². The molecule has 0 aliphatic rings. The van der Waals surface area contributed by atoms with E-state index >= 15 is 0 Å². The third kappa shape index (κ3) is 3.71. The molecule has 5 heteroatoms. The van der Waals surface area contributed by atoms with Gasteiger partial charge in [-0.15, -0.1) is 0 Å². The van der Waals surface area contributed by atoms with Crippen molar-refractivity contribution in [3.8, 4) is 0 Å². The van der Waals surface area contributed by atoms with Gasteiger partial charge in [0.05, 0.1) is 12.4 Å². The Morgan fingerprint density at radius 3 is 2.32 bits per heavy atom. The van der Waals surface area contributed by atoms with E-state index < -0.39 is 0 Å². The first-order valence-corrected chi connectivity index (χ1v) is 7.54. The number of aromatic nitrogens is 2. The fourth-order valence-corrected chi connectivity index (χ4v) is 2.62. The minimum Gasteiger partial charge on any atom is -0.321 e. The predicted octanol–water partition coefficient (Wildman–Crippen LogP) is 3.88. The third-order valence-electron chi connectivity index (χ3n) is 2.84. The number of nitrogens with one attached hydrogen (secondary N) is 1. The molecule has 1 N–H and O–H groups in total. The van der Waals surface area contributed by atoms with Gasteiger partial charge in [-0.1, -0.05) is 48.2 Å². The monoisotopic (exact) mass is 307 g/mol. The van der Waals surface area contributed by atoms with Crippen molar-refractivity contribution in [1.29, 1.82) is 0 Å². The minimum atomic E-state index is -0.269. The van der Waals surface area contributed by atoms with Gasteiger partial charge in [0.1, 0.15) is 10.7 Å². The molecule has 3 rings (SSSR count). The summed E-state index contributed by atoms with van der Waals surface area (Å²) < 4.78 is 0. The van der Waals surface area contributed by atoms with Crippen molar-refractivity contribution in [1.82, 2.24) is 9.97 Å². The summed E-state index contributed by atoms with van der Waals surface area (Å²) in [7, 11) is 0. The van der Waals surface area contributed by atoms with Crippen LogP contribution in [-0.2, 0) is 0 Å². The second-order valence-corrected chi connectivity index (χ2v) is 5.57. The molecule has 1 heterocycles. The Balaban J connectivity index is 1.75. The molecule has 1 amide bonds. The van der Waals surface area contributed by atoms with Crippen LogP contribution in [0.4, 0.5) is 5.69 Å². The van der Waals surface area contributed by atoms with E-state index in [1.54, 1.807) is 6.20 Å². The predicted molar refractivity (Wildman–Crippen MR) is 87.0 cm³/mol. The molecule has 22 heavy (non-hydrogen) atoms. The van der Waals surface area contributed by atoms with E-state index in [9.17, 15) is 4.79 Å². The van der Waals surface area contributed by atoms with E-state index in [4.69, 9.17) is 0 Å². The molecule has 0 saturated heterocycles. The van der Waals surface area contributed by atoms with Crippen LogP contribution in [0.15, 0.2) is 83.0 Å². The highest BCUT2D eigenvalue weighted by molar-refractivity contribution is 7.99. The second-order valence-electron chi connectivity index (χ2n) is 4.48. The van der Waals surface area contributed by atoms with E-state index in [-0.39, 0.29) is 5.91 Å². The number of amides is 1. The Labute approximate surface area is 132 Å². The number of benzene rings is 2. The summed E-state index contributed by atoms with van der Waals surface area (Å²) in [6.07, 6.45) is 3.12. The molecule has 0 spiro atoms. The van der Waals surface area contributed by atoms with Gasteiger partial charge in [0.25, 0.3) is 5.91 Å². The molecule has 0 aliphatic carbocycles. The highest BCUT2D eigenvalue weighted by atomic mass is 32.2. The molecule has 0 radical (unpaired) electrons.